The molecule has 2 nitrogen and oxygen atoms in total. The molecule has 0 fully saturated rings. The average Bonchev–Trinajstić information content (AvgIpc) is 2.92. The minimum atomic E-state index is 0.682. The summed E-state index contributed by atoms with van der Waals surface area (Å²) in [5.41, 5.74) is 5.57. The molecule has 0 spiro atoms. The molecule has 2 heteroatoms. The first-order valence-corrected chi connectivity index (χ1v) is 4.98. The summed E-state index contributed by atoms with van der Waals surface area (Å²) in [6, 6.07) is 12.3. The summed E-state index contributed by atoms with van der Waals surface area (Å²) in [6.07, 6.45) is 0. The van der Waals surface area contributed by atoms with E-state index < -0.39 is 0 Å². The van der Waals surface area contributed by atoms with Crippen molar-refractivity contribution in [1.29, 1.82) is 0 Å². The number of rotatable bonds is 1. The lowest BCUT2D eigenvalue weighted by Gasteiger charge is -2.18. The fourth-order valence-corrected chi connectivity index (χ4v) is 2.18. The van der Waals surface area contributed by atoms with Crippen molar-refractivity contribution in [2.24, 2.45) is 0 Å². The van der Waals surface area contributed by atoms with Gasteiger partial charge in [0.05, 0.1) is 0 Å². The molecule has 0 radical (unpaired) electrons. The Kier molecular flexibility index (Phi) is 1.15. The molecule has 1 aromatic carbocycles. The third kappa shape index (κ3) is 0.885. The van der Waals surface area contributed by atoms with Crippen LogP contribution in [-0.2, 0) is 6.61 Å². The van der Waals surface area contributed by atoms with Crippen LogP contribution in [0.2, 0.25) is 0 Å². The molecule has 2 aliphatic rings. The van der Waals surface area contributed by atoms with E-state index in [1.807, 2.05) is 18.2 Å². The second-order valence-electron chi connectivity index (χ2n) is 3.87. The van der Waals surface area contributed by atoms with E-state index >= 15 is 0 Å². The highest BCUT2D eigenvalue weighted by atomic mass is 16.5. The normalized spacial score (nSPS) is 13.6. The predicted octanol–water partition coefficient (Wildman–Crippen LogP) is 3.43. The Morgan fingerprint density at radius 1 is 0.933 bits per heavy atom. The standard InChI is InChI=1S/C13H8O2/c1-2-9-5-11(8(1)7-14-9)12-6-10-3-4-13(12)15-10/h1-6H,7H2. The van der Waals surface area contributed by atoms with Gasteiger partial charge in [-0.1, -0.05) is 6.07 Å². The third-order valence-corrected chi connectivity index (χ3v) is 2.94. The minimum Gasteiger partial charge on any atom is -0.489 e. The first-order valence-electron chi connectivity index (χ1n) is 4.98. The van der Waals surface area contributed by atoms with E-state index in [1.54, 1.807) is 0 Å². The summed E-state index contributed by atoms with van der Waals surface area (Å²) in [7, 11) is 0. The van der Waals surface area contributed by atoms with Crippen LogP contribution in [0.3, 0.4) is 0 Å². The topological polar surface area (TPSA) is 22.4 Å². The Morgan fingerprint density at radius 2 is 1.93 bits per heavy atom. The van der Waals surface area contributed by atoms with Gasteiger partial charge < -0.3 is 9.15 Å². The summed E-state index contributed by atoms with van der Waals surface area (Å²) < 4.78 is 11.0. The van der Waals surface area contributed by atoms with Gasteiger partial charge in [0, 0.05) is 5.56 Å². The second kappa shape index (κ2) is 2.34. The Morgan fingerprint density at radius 3 is 2.47 bits per heavy atom. The summed E-state index contributed by atoms with van der Waals surface area (Å²) in [5, 5.41) is 0. The van der Waals surface area contributed by atoms with Crippen molar-refractivity contribution in [3.05, 3.63) is 42.0 Å². The van der Waals surface area contributed by atoms with Crippen LogP contribution < -0.4 is 4.74 Å². The second-order valence-corrected chi connectivity index (χ2v) is 3.87. The van der Waals surface area contributed by atoms with Crippen molar-refractivity contribution < 1.29 is 9.15 Å². The first kappa shape index (κ1) is 7.35. The van der Waals surface area contributed by atoms with Crippen LogP contribution in [0.1, 0.15) is 5.56 Å². The zero-order valence-corrected chi connectivity index (χ0v) is 7.99. The van der Waals surface area contributed by atoms with E-state index in [0.717, 1.165) is 16.9 Å². The van der Waals surface area contributed by atoms with Crippen molar-refractivity contribution in [3.63, 3.8) is 0 Å². The molecule has 4 heterocycles. The van der Waals surface area contributed by atoms with Gasteiger partial charge in [0.1, 0.15) is 23.5 Å². The molecule has 15 heavy (non-hydrogen) atoms. The van der Waals surface area contributed by atoms with Gasteiger partial charge in [-0.25, -0.2) is 0 Å². The van der Waals surface area contributed by atoms with Crippen LogP contribution in [0.5, 0.6) is 5.75 Å². The maximum Gasteiger partial charge on any atom is 0.135 e. The number of furan rings is 2. The van der Waals surface area contributed by atoms with Crippen LogP contribution in [0.25, 0.3) is 22.3 Å². The molecule has 0 saturated heterocycles. The smallest absolute Gasteiger partial charge is 0.135 e. The van der Waals surface area contributed by atoms with E-state index in [1.165, 1.54) is 16.7 Å². The number of ether oxygens (including phenoxy) is 1. The average molecular weight is 196 g/mol. The molecule has 0 amide bonds. The molecule has 3 aromatic rings. The van der Waals surface area contributed by atoms with Crippen molar-refractivity contribution in [1.82, 2.24) is 0 Å². The first-order chi connectivity index (χ1) is 7.40. The minimum absolute atomic E-state index is 0.682. The maximum absolute atomic E-state index is 5.55. The van der Waals surface area contributed by atoms with E-state index in [9.17, 15) is 0 Å². The van der Waals surface area contributed by atoms with Crippen LogP contribution in [0, 0.1) is 0 Å². The molecule has 72 valence electrons. The molecule has 0 aliphatic carbocycles. The van der Waals surface area contributed by atoms with Crippen LogP contribution in [-0.4, -0.2) is 0 Å². The summed E-state index contributed by atoms with van der Waals surface area (Å²) >= 11 is 0. The largest absolute Gasteiger partial charge is 0.489 e. The van der Waals surface area contributed by atoms with Gasteiger partial charge in [0.25, 0.3) is 0 Å². The molecule has 0 unspecified atom stereocenters. The number of fused-ring (bicyclic) bond motifs is 5. The molecular weight excluding hydrogens is 188 g/mol. The molecule has 5 rings (SSSR count). The van der Waals surface area contributed by atoms with Gasteiger partial charge in [-0.15, -0.1) is 0 Å². The Labute approximate surface area is 86.4 Å². The summed E-state index contributed by atoms with van der Waals surface area (Å²) in [4.78, 5) is 0. The third-order valence-electron chi connectivity index (χ3n) is 2.94. The quantitative estimate of drug-likeness (QED) is 0.595. The van der Waals surface area contributed by atoms with Gasteiger partial charge in [-0.2, -0.15) is 0 Å². The Hall–Kier alpha value is -1.96. The zero-order chi connectivity index (χ0) is 9.83. The molecule has 4 bridgehead atoms. The molecule has 0 N–H and O–H groups in total. The van der Waals surface area contributed by atoms with Gasteiger partial charge in [0.15, 0.2) is 0 Å². The molecule has 2 aliphatic heterocycles. The van der Waals surface area contributed by atoms with Crippen LogP contribution in [0.4, 0.5) is 0 Å². The van der Waals surface area contributed by atoms with E-state index in [-0.39, 0.29) is 0 Å². The fourth-order valence-electron chi connectivity index (χ4n) is 2.18. The van der Waals surface area contributed by atoms with Gasteiger partial charge in [-0.3, -0.25) is 0 Å². The highest BCUT2D eigenvalue weighted by Gasteiger charge is 2.17. The van der Waals surface area contributed by atoms with Crippen molar-refractivity contribution in [2.45, 2.75) is 6.61 Å². The lowest BCUT2D eigenvalue weighted by atomic mass is 9.98. The monoisotopic (exact) mass is 196 g/mol. The van der Waals surface area contributed by atoms with Crippen molar-refractivity contribution >= 4 is 11.2 Å². The molecule has 0 atom stereocenters. The van der Waals surface area contributed by atoms with Gasteiger partial charge >= 0.3 is 0 Å². The van der Waals surface area contributed by atoms with Gasteiger partial charge in [0.2, 0.25) is 0 Å². The van der Waals surface area contributed by atoms with Crippen molar-refractivity contribution in [2.75, 3.05) is 0 Å². The lowest BCUT2D eigenvalue weighted by Crippen LogP contribution is -2.04. The lowest BCUT2D eigenvalue weighted by molar-refractivity contribution is 0.296. The molecule has 2 aromatic heterocycles. The van der Waals surface area contributed by atoms with E-state index in [4.69, 9.17) is 9.15 Å². The number of benzene rings is 2. The summed E-state index contributed by atoms with van der Waals surface area (Å²) in [5.74, 6) is 0.943. The predicted molar refractivity (Wildman–Crippen MR) is 57.2 cm³/mol. The van der Waals surface area contributed by atoms with E-state index in [2.05, 4.69) is 18.2 Å². The summed E-state index contributed by atoms with van der Waals surface area (Å²) in [6.45, 7) is 0.682. The zero-order valence-electron chi connectivity index (χ0n) is 7.99. The van der Waals surface area contributed by atoms with E-state index in [0.29, 0.717) is 6.61 Å². The Balaban J connectivity index is 2.04. The van der Waals surface area contributed by atoms with Crippen molar-refractivity contribution in [3.8, 4) is 16.9 Å². The van der Waals surface area contributed by atoms with Gasteiger partial charge in [-0.05, 0) is 41.5 Å². The molecule has 0 saturated carbocycles. The van der Waals surface area contributed by atoms with Crippen LogP contribution >= 0.6 is 0 Å². The maximum atomic E-state index is 5.55. The van der Waals surface area contributed by atoms with Crippen LogP contribution in [0.15, 0.2) is 40.8 Å². The SMILES string of the molecule is c1cc2c(-c3cc4ccc3o4)cc1OC2. The Bertz CT molecular complexity index is 636. The molecular formula is C13H8O2. The highest BCUT2D eigenvalue weighted by molar-refractivity contribution is 5.87. The number of hydrogen-bond donors (Lipinski definition) is 0. The highest BCUT2D eigenvalue weighted by Crippen LogP contribution is 2.38. The fraction of sp³-hybridized carbons (Fsp3) is 0.0769. The number of hydrogen-bond acceptors (Lipinski definition) is 2.